The minimum atomic E-state index is 0.649. The summed E-state index contributed by atoms with van der Waals surface area (Å²) in [5, 5.41) is 4.20. The Kier molecular flexibility index (Phi) is 5.43. The lowest BCUT2D eigenvalue weighted by Gasteiger charge is -2.33. The Morgan fingerprint density at radius 2 is 1.90 bits per heavy atom. The number of nitrogens with one attached hydrogen (secondary N) is 1. The van der Waals surface area contributed by atoms with Crippen molar-refractivity contribution in [3.05, 3.63) is 40.8 Å². The zero-order valence-corrected chi connectivity index (χ0v) is 19.4. The Balaban J connectivity index is 1.50. The van der Waals surface area contributed by atoms with Gasteiger partial charge in [0.2, 0.25) is 5.95 Å². The summed E-state index contributed by atoms with van der Waals surface area (Å²) < 4.78 is 1.15. The third-order valence-corrected chi connectivity index (χ3v) is 7.01. The first-order chi connectivity index (χ1) is 15.0. The standard InChI is InChI=1S/C21H24N8S2/c1-14-12-22-21(31-14)25-18-11-19(29-8-6-27(2)7-9-29)26-20(24-18)28(3)15-4-5-16-17(10-15)30-13-23-16/h4-5,10-13H,6-9H2,1-3H3,(H,22,24,25,26). The van der Waals surface area contributed by atoms with Gasteiger partial charge < -0.3 is 20.0 Å². The van der Waals surface area contributed by atoms with Gasteiger partial charge in [0.1, 0.15) is 11.6 Å². The molecular weight excluding hydrogens is 428 g/mol. The molecule has 0 aliphatic carbocycles. The molecule has 0 radical (unpaired) electrons. The SMILES string of the molecule is Cc1cnc(Nc2cc(N3CCN(C)CC3)nc(N(C)c3ccc4ncsc4c3)n2)s1. The van der Waals surface area contributed by atoms with Crippen molar-refractivity contribution < 1.29 is 0 Å². The van der Waals surface area contributed by atoms with E-state index in [0.29, 0.717) is 5.95 Å². The predicted molar refractivity (Wildman–Crippen MR) is 130 cm³/mol. The van der Waals surface area contributed by atoms with Crippen LogP contribution in [0.4, 0.5) is 28.4 Å². The molecule has 3 aromatic heterocycles. The molecule has 1 aromatic carbocycles. The van der Waals surface area contributed by atoms with E-state index in [-0.39, 0.29) is 0 Å². The van der Waals surface area contributed by atoms with Gasteiger partial charge in [-0.05, 0) is 32.2 Å². The lowest BCUT2D eigenvalue weighted by molar-refractivity contribution is 0.312. The maximum absolute atomic E-state index is 4.93. The summed E-state index contributed by atoms with van der Waals surface area (Å²) in [6.45, 7) is 5.98. The van der Waals surface area contributed by atoms with Crippen molar-refractivity contribution in [1.82, 2.24) is 24.8 Å². The maximum atomic E-state index is 4.93. The first kappa shape index (κ1) is 20.1. The van der Waals surface area contributed by atoms with E-state index in [1.807, 2.05) is 42.7 Å². The number of likely N-dealkylation sites (N-methyl/N-ethyl adjacent to an activating group) is 1. The number of aromatic nitrogens is 4. The maximum Gasteiger partial charge on any atom is 0.233 e. The first-order valence-electron chi connectivity index (χ1n) is 10.1. The molecule has 0 bridgehead atoms. The van der Waals surface area contributed by atoms with Gasteiger partial charge in [0, 0.05) is 56.1 Å². The minimum Gasteiger partial charge on any atom is -0.354 e. The quantitative estimate of drug-likeness (QED) is 0.485. The Hall–Kier alpha value is -2.82. The molecule has 0 spiro atoms. The normalized spacial score (nSPS) is 14.9. The van der Waals surface area contributed by atoms with Crippen LogP contribution in [0.3, 0.4) is 0 Å². The topological polar surface area (TPSA) is 73.3 Å². The second kappa shape index (κ2) is 8.37. The van der Waals surface area contributed by atoms with Gasteiger partial charge in [-0.2, -0.15) is 9.97 Å². The van der Waals surface area contributed by atoms with Crippen LogP contribution in [0.15, 0.2) is 36.0 Å². The molecule has 4 heterocycles. The number of thiazole rings is 2. The van der Waals surface area contributed by atoms with Gasteiger partial charge in [0.25, 0.3) is 0 Å². The molecule has 0 saturated carbocycles. The molecule has 5 rings (SSSR count). The van der Waals surface area contributed by atoms with E-state index < -0.39 is 0 Å². The molecule has 4 aromatic rings. The van der Waals surface area contributed by atoms with E-state index in [1.54, 1.807) is 22.7 Å². The highest BCUT2D eigenvalue weighted by Gasteiger charge is 2.19. The molecule has 160 valence electrons. The first-order valence-corrected chi connectivity index (χ1v) is 11.8. The van der Waals surface area contributed by atoms with Gasteiger partial charge in [0.05, 0.1) is 15.7 Å². The summed E-state index contributed by atoms with van der Waals surface area (Å²) in [5.74, 6) is 2.33. The average molecular weight is 453 g/mol. The highest BCUT2D eigenvalue weighted by atomic mass is 32.1. The monoisotopic (exact) mass is 452 g/mol. The van der Waals surface area contributed by atoms with Gasteiger partial charge in [-0.1, -0.05) is 0 Å². The van der Waals surface area contributed by atoms with Crippen LogP contribution < -0.4 is 15.1 Å². The van der Waals surface area contributed by atoms with Crippen LogP contribution >= 0.6 is 22.7 Å². The average Bonchev–Trinajstić information content (AvgIpc) is 3.41. The largest absolute Gasteiger partial charge is 0.354 e. The highest BCUT2D eigenvalue weighted by molar-refractivity contribution is 7.16. The summed E-state index contributed by atoms with van der Waals surface area (Å²) in [4.78, 5) is 26.4. The van der Waals surface area contributed by atoms with Gasteiger partial charge in [-0.15, -0.1) is 22.7 Å². The van der Waals surface area contributed by atoms with Crippen molar-refractivity contribution in [3.63, 3.8) is 0 Å². The third kappa shape index (κ3) is 4.32. The summed E-state index contributed by atoms with van der Waals surface area (Å²) in [6, 6.07) is 8.26. The fraction of sp³-hybridized carbons (Fsp3) is 0.333. The Labute approximate surface area is 189 Å². The van der Waals surface area contributed by atoms with Crippen molar-refractivity contribution in [2.75, 3.05) is 55.4 Å². The molecule has 1 fully saturated rings. The van der Waals surface area contributed by atoms with Gasteiger partial charge in [-0.25, -0.2) is 9.97 Å². The molecule has 0 atom stereocenters. The van der Waals surface area contributed by atoms with Crippen LogP contribution in [-0.2, 0) is 0 Å². The predicted octanol–water partition coefficient (Wildman–Crippen LogP) is 4.11. The molecule has 0 amide bonds. The second-order valence-electron chi connectivity index (χ2n) is 7.67. The van der Waals surface area contributed by atoms with E-state index in [9.17, 15) is 0 Å². The molecule has 1 aliphatic heterocycles. The molecule has 1 saturated heterocycles. The highest BCUT2D eigenvalue weighted by Crippen LogP contribution is 2.30. The number of aryl methyl sites for hydroxylation is 1. The van der Waals surface area contributed by atoms with Crippen molar-refractivity contribution in [1.29, 1.82) is 0 Å². The lowest BCUT2D eigenvalue weighted by Crippen LogP contribution is -2.45. The number of hydrogen-bond donors (Lipinski definition) is 1. The molecule has 8 nitrogen and oxygen atoms in total. The van der Waals surface area contributed by atoms with E-state index in [0.717, 1.165) is 63.7 Å². The number of hydrogen-bond acceptors (Lipinski definition) is 10. The Morgan fingerprint density at radius 1 is 1.06 bits per heavy atom. The number of anilines is 5. The number of nitrogens with zero attached hydrogens (tertiary/aromatic N) is 7. The van der Waals surface area contributed by atoms with E-state index in [1.165, 1.54) is 0 Å². The molecular formula is C21H24N8S2. The van der Waals surface area contributed by atoms with E-state index in [2.05, 4.69) is 44.3 Å². The van der Waals surface area contributed by atoms with Crippen LogP contribution in [0.25, 0.3) is 10.2 Å². The summed E-state index contributed by atoms with van der Waals surface area (Å²) in [5.41, 5.74) is 3.91. The van der Waals surface area contributed by atoms with Crippen LogP contribution in [0.1, 0.15) is 4.88 Å². The minimum absolute atomic E-state index is 0.649. The van der Waals surface area contributed by atoms with Gasteiger partial charge >= 0.3 is 0 Å². The summed E-state index contributed by atoms with van der Waals surface area (Å²) in [6.07, 6.45) is 1.87. The van der Waals surface area contributed by atoms with Crippen LogP contribution in [0, 0.1) is 6.92 Å². The van der Waals surface area contributed by atoms with Gasteiger partial charge in [0.15, 0.2) is 5.13 Å². The van der Waals surface area contributed by atoms with Gasteiger partial charge in [-0.3, -0.25) is 0 Å². The smallest absolute Gasteiger partial charge is 0.233 e. The Bertz CT molecular complexity index is 1200. The van der Waals surface area contributed by atoms with Crippen LogP contribution in [0.2, 0.25) is 0 Å². The molecule has 10 heteroatoms. The Morgan fingerprint density at radius 3 is 2.68 bits per heavy atom. The van der Waals surface area contributed by atoms with E-state index in [4.69, 9.17) is 9.97 Å². The second-order valence-corrected chi connectivity index (χ2v) is 9.79. The zero-order valence-electron chi connectivity index (χ0n) is 17.7. The summed E-state index contributed by atoms with van der Waals surface area (Å²) in [7, 11) is 4.16. The van der Waals surface area contributed by atoms with Crippen LogP contribution in [-0.4, -0.2) is 65.1 Å². The number of rotatable bonds is 5. The summed E-state index contributed by atoms with van der Waals surface area (Å²) >= 11 is 3.25. The molecule has 0 unspecified atom stereocenters. The van der Waals surface area contributed by atoms with Crippen LogP contribution in [0.5, 0.6) is 0 Å². The fourth-order valence-corrected chi connectivity index (χ4v) is 4.91. The van der Waals surface area contributed by atoms with Crippen molar-refractivity contribution in [2.24, 2.45) is 0 Å². The zero-order chi connectivity index (χ0) is 21.4. The van der Waals surface area contributed by atoms with Crippen molar-refractivity contribution in [2.45, 2.75) is 6.92 Å². The number of piperazine rings is 1. The number of fused-ring (bicyclic) bond motifs is 1. The molecule has 1 N–H and O–H groups in total. The molecule has 1 aliphatic rings. The van der Waals surface area contributed by atoms with Crippen molar-refractivity contribution >= 4 is 61.3 Å². The molecule has 31 heavy (non-hydrogen) atoms. The fourth-order valence-electron chi connectivity index (χ4n) is 3.52. The van der Waals surface area contributed by atoms with E-state index >= 15 is 0 Å². The van der Waals surface area contributed by atoms with Crippen molar-refractivity contribution in [3.8, 4) is 0 Å². The third-order valence-electron chi connectivity index (χ3n) is 5.39. The lowest BCUT2D eigenvalue weighted by atomic mass is 10.3. The number of benzene rings is 1.